The number of carbonyl (C=O) groups excluding carboxylic acids is 2. The Labute approximate surface area is 84.7 Å². The van der Waals surface area contributed by atoms with Crippen LogP contribution < -0.4 is 5.32 Å². The number of nitrogens with one attached hydrogen (secondary N) is 1. The van der Waals surface area contributed by atoms with Crippen LogP contribution in [-0.2, 0) is 9.59 Å². The Morgan fingerprint density at radius 3 is 2.57 bits per heavy atom. The van der Waals surface area contributed by atoms with E-state index >= 15 is 0 Å². The average Bonchev–Trinajstić information content (AvgIpc) is 2.16. The summed E-state index contributed by atoms with van der Waals surface area (Å²) in [6.07, 6.45) is 1.80. The number of amides is 2. The molecule has 0 radical (unpaired) electrons. The van der Waals surface area contributed by atoms with Crippen LogP contribution in [0, 0.1) is 5.92 Å². The Bertz CT molecular complexity index is 240. The van der Waals surface area contributed by atoms with Gasteiger partial charge in [-0.3, -0.25) is 9.59 Å². The molecule has 0 saturated carbocycles. The average molecular weight is 198 g/mol. The highest BCUT2D eigenvalue weighted by Crippen LogP contribution is 2.23. The minimum absolute atomic E-state index is 0.0289. The van der Waals surface area contributed by atoms with Crippen LogP contribution >= 0.6 is 0 Å². The van der Waals surface area contributed by atoms with E-state index in [0.29, 0.717) is 0 Å². The van der Waals surface area contributed by atoms with Gasteiger partial charge < -0.3 is 10.2 Å². The third-order valence-corrected chi connectivity index (χ3v) is 2.98. The van der Waals surface area contributed by atoms with Crippen LogP contribution in [-0.4, -0.2) is 36.3 Å². The van der Waals surface area contributed by atoms with E-state index in [1.54, 1.807) is 18.9 Å². The maximum Gasteiger partial charge on any atom is 0.224 e. The molecule has 2 amide bonds. The summed E-state index contributed by atoms with van der Waals surface area (Å²) in [5, 5.41) is 2.65. The van der Waals surface area contributed by atoms with Crippen molar-refractivity contribution in [2.45, 2.75) is 32.7 Å². The quantitative estimate of drug-likeness (QED) is 0.662. The Balaban J connectivity index is 2.70. The van der Waals surface area contributed by atoms with E-state index in [4.69, 9.17) is 0 Å². The zero-order chi connectivity index (χ0) is 10.7. The number of hydrogen-bond donors (Lipinski definition) is 1. The molecule has 1 aliphatic rings. The van der Waals surface area contributed by atoms with Crippen molar-refractivity contribution in [3.05, 3.63) is 0 Å². The van der Waals surface area contributed by atoms with E-state index < -0.39 is 0 Å². The van der Waals surface area contributed by atoms with Gasteiger partial charge in [-0.05, 0) is 19.8 Å². The van der Waals surface area contributed by atoms with Crippen molar-refractivity contribution in [1.82, 2.24) is 10.2 Å². The summed E-state index contributed by atoms with van der Waals surface area (Å²) in [5.74, 6) is 0.0622. The Hall–Kier alpha value is -1.06. The largest absolute Gasteiger partial charge is 0.359 e. The van der Waals surface area contributed by atoms with Crippen molar-refractivity contribution in [1.29, 1.82) is 0 Å². The Morgan fingerprint density at radius 2 is 2.07 bits per heavy atom. The van der Waals surface area contributed by atoms with Crippen molar-refractivity contribution < 1.29 is 9.59 Å². The lowest BCUT2D eigenvalue weighted by atomic mass is 9.89. The van der Waals surface area contributed by atoms with Crippen LogP contribution in [0.5, 0.6) is 0 Å². The fraction of sp³-hybridized carbons (Fsp3) is 0.800. The van der Waals surface area contributed by atoms with Gasteiger partial charge in [-0.25, -0.2) is 0 Å². The molecule has 1 saturated heterocycles. The molecule has 4 nitrogen and oxygen atoms in total. The summed E-state index contributed by atoms with van der Waals surface area (Å²) >= 11 is 0. The van der Waals surface area contributed by atoms with Gasteiger partial charge in [0.2, 0.25) is 11.8 Å². The molecule has 0 aromatic carbocycles. The number of carbonyl (C=O) groups is 2. The van der Waals surface area contributed by atoms with Crippen molar-refractivity contribution in [2.75, 3.05) is 13.6 Å². The van der Waals surface area contributed by atoms with Crippen LogP contribution in [0.25, 0.3) is 0 Å². The van der Waals surface area contributed by atoms with Crippen molar-refractivity contribution in [2.24, 2.45) is 5.92 Å². The molecule has 14 heavy (non-hydrogen) atoms. The first kappa shape index (κ1) is 11.0. The maximum atomic E-state index is 11.5. The first-order valence-corrected chi connectivity index (χ1v) is 5.06. The molecule has 4 heteroatoms. The highest BCUT2D eigenvalue weighted by Gasteiger charge is 2.33. The molecule has 0 bridgehead atoms. The second-order valence-electron chi connectivity index (χ2n) is 3.82. The Morgan fingerprint density at radius 1 is 1.43 bits per heavy atom. The van der Waals surface area contributed by atoms with Crippen molar-refractivity contribution in [3.8, 4) is 0 Å². The summed E-state index contributed by atoms with van der Waals surface area (Å²) in [4.78, 5) is 24.5. The number of piperidine rings is 1. The zero-order valence-corrected chi connectivity index (χ0v) is 9.04. The third-order valence-electron chi connectivity index (χ3n) is 2.98. The first-order valence-electron chi connectivity index (χ1n) is 5.06. The molecular formula is C10H18N2O2. The van der Waals surface area contributed by atoms with E-state index in [1.165, 1.54) is 0 Å². The molecule has 1 N–H and O–H groups in total. The fourth-order valence-corrected chi connectivity index (χ4v) is 2.12. The van der Waals surface area contributed by atoms with Gasteiger partial charge in [-0.15, -0.1) is 0 Å². The first-order chi connectivity index (χ1) is 6.57. The number of likely N-dealkylation sites (tertiary alicyclic amines) is 1. The number of rotatable bonds is 1. The highest BCUT2D eigenvalue weighted by atomic mass is 16.2. The Kier molecular flexibility index (Phi) is 3.49. The van der Waals surface area contributed by atoms with Crippen molar-refractivity contribution in [3.63, 3.8) is 0 Å². The van der Waals surface area contributed by atoms with Gasteiger partial charge in [0.25, 0.3) is 0 Å². The number of hydrogen-bond acceptors (Lipinski definition) is 2. The molecule has 0 aromatic heterocycles. The number of nitrogens with zero attached hydrogens (tertiary/aromatic N) is 1. The molecule has 80 valence electrons. The normalized spacial score (nSPS) is 27.2. The summed E-state index contributed by atoms with van der Waals surface area (Å²) in [6.45, 7) is 4.28. The molecule has 1 fully saturated rings. The van der Waals surface area contributed by atoms with Crippen LogP contribution in [0.2, 0.25) is 0 Å². The standard InChI is InChI=1S/C10H18N2O2/c1-7-9(10(14)11-3)5-4-6-12(7)8(2)13/h7,9H,4-6H2,1-3H3,(H,11,14)/t7-,9+/m0/s1. The molecule has 1 rings (SSSR count). The lowest BCUT2D eigenvalue weighted by Crippen LogP contribution is -2.50. The second kappa shape index (κ2) is 4.44. The summed E-state index contributed by atoms with van der Waals surface area (Å²) in [5.41, 5.74) is 0. The van der Waals surface area contributed by atoms with E-state index in [2.05, 4.69) is 5.32 Å². The SMILES string of the molecule is CNC(=O)[C@@H]1CCCN(C(C)=O)[C@H]1C. The predicted octanol–water partition coefficient (Wildman–Crippen LogP) is 0.379. The van der Waals surface area contributed by atoms with E-state index in [9.17, 15) is 9.59 Å². The van der Waals surface area contributed by atoms with Crippen LogP contribution in [0.4, 0.5) is 0 Å². The van der Waals surface area contributed by atoms with Gasteiger partial charge in [0, 0.05) is 26.6 Å². The second-order valence-corrected chi connectivity index (χ2v) is 3.82. The summed E-state index contributed by atoms with van der Waals surface area (Å²) in [7, 11) is 1.64. The van der Waals surface area contributed by atoms with Gasteiger partial charge in [0.05, 0.1) is 5.92 Å². The topological polar surface area (TPSA) is 49.4 Å². The van der Waals surface area contributed by atoms with Gasteiger partial charge >= 0.3 is 0 Å². The molecule has 1 heterocycles. The van der Waals surface area contributed by atoms with E-state index in [0.717, 1.165) is 19.4 Å². The zero-order valence-electron chi connectivity index (χ0n) is 9.04. The molecule has 0 aromatic rings. The monoisotopic (exact) mass is 198 g/mol. The van der Waals surface area contributed by atoms with Crippen LogP contribution in [0.1, 0.15) is 26.7 Å². The molecule has 1 aliphatic heterocycles. The van der Waals surface area contributed by atoms with Gasteiger partial charge in [-0.2, -0.15) is 0 Å². The molecule has 0 unspecified atom stereocenters. The minimum atomic E-state index is -0.0438. The molecule has 2 atom stereocenters. The summed E-state index contributed by atoms with van der Waals surface area (Å²) < 4.78 is 0. The minimum Gasteiger partial charge on any atom is -0.359 e. The molecular weight excluding hydrogens is 180 g/mol. The smallest absolute Gasteiger partial charge is 0.224 e. The molecule has 0 aliphatic carbocycles. The van der Waals surface area contributed by atoms with Crippen LogP contribution in [0.15, 0.2) is 0 Å². The maximum absolute atomic E-state index is 11.5. The van der Waals surface area contributed by atoms with Gasteiger partial charge in [0.1, 0.15) is 0 Å². The van der Waals surface area contributed by atoms with Crippen molar-refractivity contribution >= 4 is 11.8 Å². The predicted molar refractivity (Wildman–Crippen MR) is 53.6 cm³/mol. The third kappa shape index (κ3) is 2.05. The van der Waals surface area contributed by atoms with E-state index in [-0.39, 0.29) is 23.8 Å². The van der Waals surface area contributed by atoms with E-state index in [1.807, 2.05) is 6.92 Å². The fourth-order valence-electron chi connectivity index (χ4n) is 2.12. The van der Waals surface area contributed by atoms with Gasteiger partial charge in [-0.1, -0.05) is 0 Å². The van der Waals surface area contributed by atoms with Gasteiger partial charge in [0.15, 0.2) is 0 Å². The summed E-state index contributed by atoms with van der Waals surface area (Å²) in [6, 6.07) is 0.0289. The molecule has 0 spiro atoms. The highest BCUT2D eigenvalue weighted by molar-refractivity contribution is 5.81. The lowest BCUT2D eigenvalue weighted by Gasteiger charge is -2.37. The van der Waals surface area contributed by atoms with Crippen LogP contribution in [0.3, 0.4) is 0 Å². The lowest BCUT2D eigenvalue weighted by molar-refractivity contribution is -0.137.